The van der Waals surface area contributed by atoms with Gasteiger partial charge in [0.1, 0.15) is 0 Å². The Bertz CT molecular complexity index is 2320. The molecule has 0 bridgehead atoms. The smallest absolute Gasteiger partial charge is 2.00 e. The zero-order chi connectivity index (χ0) is 30.4. The third-order valence-corrected chi connectivity index (χ3v) is 16.3. The number of aromatic nitrogens is 4. The molecule has 6 nitrogen and oxygen atoms in total. The third-order valence-electron chi connectivity index (χ3n) is 9.29. The molecule has 8 heteroatoms. The summed E-state index contributed by atoms with van der Waals surface area (Å²) in [6.45, 7) is 9.85. The van der Waals surface area contributed by atoms with E-state index in [2.05, 4.69) is 124 Å². The van der Waals surface area contributed by atoms with Crippen molar-refractivity contribution in [1.29, 1.82) is 0 Å². The first kappa shape index (κ1) is 29.4. The summed E-state index contributed by atoms with van der Waals surface area (Å²) in [6, 6.07) is 35.0. The zero-order valence-electron chi connectivity index (χ0n) is 26.0. The summed E-state index contributed by atoms with van der Waals surface area (Å²) in [6.07, 6.45) is 5.98. The Balaban J connectivity index is 0.00000312. The molecule has 3 aromatic heterocycles. The number of hydrogen-bond donors (Lipinski definition) is 0. The van der Waals surface area contributed by atoms with E-state index in [1.165, 1.54) is 22.4 Å². The van der Waals surface area contributed by atoms with Gasteiger partial charge in [0, 0.05) is 6.20 Å². The van der Waals surface area contributed by atoms with Crippen molar-refractivity contribution < 1.29 is 25.8 Å². The van der Waals surface area contributed by atoms with E-state index in [4.69, 9.17) is 14.7 Å². The van der Waals surface area contributed by atoms with Crippen LogP contribution in [0.15, 0.2) is 97.5 Å². The fraction of sp³-hybridized carbons (Fsp3) is 0.158. The number of aryl methyl sites for hydroxylation is 1. The maximum absolute atomic E-state index is 6.52. The molecule has 7 aromatic rings. The van der Waals surface area contributed by atoms with Crippen molar-refractivity contribution in [3.63, 3.8) is 0 Å². The van der Waals surface area contributed by atoms with Gasteiger partial charge in [-0.2, -0.15) is 0 Å². The van der Waals surface area contributed by atoms with E-state index in [1.807, 2.05) is 24.5 Å². The van der Waals surface area contributed by atoms with Crippen molar-refractivity contribution in [2.24, 2.45) is 0 Å². The summed E-state index contributed by atoms with van der Waals surface area (Å²) < 4.78 is 15.3. The molecule has 0 saturated heterocycles. The number of ether oxygens (including phenoxy) is 1. The Kier molecular flexibility index (Phi) is 6.87. The number of fused-ring (bicyclic) bond motifs is 11. The number of para-hydroxylation sites is 1. The molecule has 0 atom stereocenters. The zero-order valence-corrected chi connectivity index (χ0v) is 30.7. The van der Waals surface area contributed by atoms with Gasteiger partial charge in [0.15, 0.2) is 0 Å². The van der Waals surface area contributed by atoms with Crippen LogP contribution >= 0.6 is 0 Å². The number of rotatable bonds is 3. The molecular weight excluding hydrogens is 807 g/mol. The molecule has 0 fully saturated rings. The molecule has 4 aromatic carbocycles. The fourth-order valence-electron chi connectivity index (χ4n) is 7.12. The first-order valence-electron chi connectivity index (χ1n) is 15.4. The van der Waals surface area contributed by atoms with E-state index in [-0.39, 0.29) is 26.5 Å². The largest absolute Gasteiger partial charge is 2.00 e. The summed E-state index contributed by atoms with van der Waals surface area (Å²) >= 11 is -2.30. The second-order valence-corrected chi connectivity index (χ2v) is 18.3. The molecular formula is C38H30GaN5OPt. The summed E-state index contributed by atoms with van der Waals surface area (Å²) in [5.41, 5.74) is 8.27. The topological polar surface area (TPSA) is 48.1 Å². The molecule has 0 amide bonds. The van der Waals surface area contributed by atoms with Gasteiger partial charge in [-0.25, -0.2) is 0 Å². The predicted molar refractivity (Wildman–Crippen MR) is 181 cm³/mol. The van der Waals surface area contributed by atoms with Gasteiger partial charge in [-0.05, 0) is 17.0 Å². The predicted octanol–water partition coefficient (Wildman–Crippen LogP) is 7.62. The van der Waals surface area contributed by atoms with Crippen molar-refractivity contribution in [3.8, 4) is 28.7 Å². The van der Waals surface area contributed by atoms with Gasteiger partial charge >= 0.3 is 234 Å². The monoisotopic (exact) mass is 836 g/mol. The van der Waals surface area contributed by atoms with Crippen molar-refractivity contribution in [2.45, 2.75) is 39.7 Å². The van der Waals surface area contributed by atoms with Crippen molar-refractivity contribution in [2.75, 3.05) is 3.61 Å². The number of nitrogens with zero attached hydrogens (tertiary/aromatic N) is 5. The quantitative estimate of drug-likeness (QED) is 0.136. The molecule has 2 aliphatic heterocycles. The van der Waals surface area contributed by atoms with Crippen LogP contribution in [0.1, 0.15) is 37.5 Å². The van der Waals surface area contributed by atoms with E-state index >= 15 is 0 Å². The first-order chi connectivity index (χ1) is 21.8. The SMILES string of the molecule is Cc1cccc2[c]1[Ga]1[N](C2)c2ccc(Oc3[c-]c4c(cc3)c3ccccc3n4-c3cc(C(C)(C)C)ccn3)[c-]c2-c2ncc[n]21.[Pt+2]. The van der Waals surface area contributed by atoms with Gasteiger partial charge in [-0.1, -0.05) is 32.9 Å². The summed E-state index contributed by atoms with van der Waals surface area (Å²) in [5.74, 6) is 3.13. The van der Waals surface area contributed by atoms with Crippen LogP contribution in [-0.4, -0.2) is 34.5 Å². The molecule has 0 N–H and O–H groups in total. The van der Waals surface area contributed by atoms with Crippen LogP contribution in [-0.2, 0) is 33.0 Å². The van der Waals surface area contributed by atoms with Crippen molar-refractivity contribution in [3.05, 3.63) is 126 Å². The van der Waals surface area contributed by atoms with Crippen LogP contribution < -0.4 is 12.5 Å². The van der Waals surface area contributed by atoms with E-state index in [1.54, 1.807) is 4.12 Å². The van der Waals surface area contributed by atoms with Gasteiger partial charge in [0.2, 0.25) is 0 Å². The van der Waals surface area contributed by atoms with Crippen LogP contribution in [0.25, 0.3) is 39.0 Å². The maximum atomic E-state index is 6.52. The number of benzene rings is 4. The van der Waals surface area contributed by atoms with Gasteiger partial charge in [0.05, 0.1) is 0 Å². The Hall–Kier alpha value is -4.04. The maximum Gasteiger partial charge on any atom is 2.00 e. The Morgan fingerprint density at radius 2 is 1.67 bits per heavy atom. The minimum absolute atomic E-state index is 0. The van der Waals surface area contributed by atoms with Crippen LogP contribution in [0.4, 0.5) is 5.69 Å². The van der Waals surface area contributed by atoms with Gasteiger partial charge in [0.25, 0.3) is 0 Å². The molecule has 46 heavy (non-hydrogen) atoms. The summed E-state index contributed by atoms with van der Waals surface area (Å²) in [5, 5.41) is 2.27. The van der Waals surface area contributed by atoms with Gasteiger partial charge in [-0.15, -0.1) is 0 Å². The van der Waals surface area contributed by atoms with Gasteiger partial charge in [-0.3, -0.25) is 0 Å². The number of anilines is 1. The number of imidazole rings is 1. The van der Waals surface area contributed by atoms with Gasteiger partial charge < -0.3 is 0 Å². The first-order valence-corrected chi connectivity index (χ1v) is 18.8. The van der Waals surface area contributed by atoms with E-state index in [0.717, 1.165) is 45.6 Å². The number of pyridine rings is 1. The number of hydrogen-bond acceptors (Lipinski definition) is 4. The molecule has 0 saturated carbocycles. The third kappa shape index (κ3) is 4.44. The van der Waals surface area contributed by atoms with Crippen LogP contribution in [0.3, 0.4) is 0 Å². The molecule has 9 rings (SSSR count). The minimum Gasteiger partial charge on any atom is 2.00 e. The molecule has 0 radical (unpaired) electrons. The Morgan fingerprint density at radius 3 is 2.54 bits per heavy atom. The minimum atomic E-state index is -2.30. The molecule has 0 spiro atoms. The average molecular weight is 837 g/mol. The molecule has 0 unspecified atom stereocenters. The van der Waals surface area contributed by atoms with Crippen molar-refractivity contribution >= 4 is 48.3 Å². The standard InChI is InChI=1S/C38H30N5O.Ga.Pt/c1-25-8-7-9-26(20-25)24-42-33-15-13-28(22-32(33)37-40-18-19-41-37)44-29-12-14-31-30-10-5-6-11-34(30)43(35(31)23-29)36-21-27(16-17-39-36)38(2,3)4;;/h5-19,21H,24H2,1-4H3;;/q-4;2*+2. The second kappa shape index (κ2) is 10.8. The molecule has 5 heterocycles. The molecule has 0 aliphatic carbocycles. The average Bonchev–Trinajstić information content (AvgIpc) is 3.75. The van der Waals surface area contributed by atoms with E-state index < -0.39 is 16.7 Å². The van der Waals surface area contributed by atoms with Crippen LogP contribution in [0.2, 0.25) is 0 Å². The van der Waals surface area contributed by atoms with Crippen molar-refractivity contribution in [1.82, 2.24) is 17.8 Å². The normalized spacial score (nSPS) is 13.3. The fourth-order valence-corrected chi connectivity index (χ4v) is 14.3. The van der Waals surface area contributed by atoms with Crippen LogP contribution in [0, 0.1) is 19.1 Å². The molecule has 2 aliphatic rings. The second-order valence-electron chi connectivity index (χ2n) is 13.1. The summed E-state index contributed by atoms with van der Waals surface area (Å²) in [7, 11) is 0. The van der Waals surface area contributed by atoms with E-state index in [9.17, 15) is 0 Å². The Labute approximate surface area is 288 Å². The van der Waals surface area contributed by atoms with Crippen LogP contribution in [0.5, 0.6) is 11.5 Å². The summed E-state index contributed by atoms with van der Waals surface area (Å²) in [4.78, 5) is 9.63. The molecule has 226 valence electrons. The van der Waals surface area contributed by atoms with E-state index in [0.29, 0.717) is 11.5 Å². The Morgan fingerprint density at radius 1 is 0.848 bits per heavy atom.